The SMILES string of the molecule is Cn1c(-c2ccncc2)nc2ccc(CCCO)cc21. The molecule has 0 bridgehead atoms. The Labute approximate surface area is 117 Å². The molecule has 0 aliphatic rings. The van der Waals surface area contributed by atoms with Crippen LogP contribution in [-0.4, -0.2) is 26.2 Å². The van der Waals surface area contributed by atoms with Crippen LogP contribution in [0, 0.1) is 0 Å². The maximum atomic E-state index is 8.92. The number of aliphatic hydroxyl groups excluding tert-OH is 1. The van der Waals surface area contributed by atoms with Crippen molar-refractivity contribution >= 4 is 11.0 Å². The number of aliphatic hydroxyl groups is 1. The van der Waals surface area contributed by atoms with E-state index in [4.69, 9.17) is 5.11 Å². The minimum atomic E-state index is 0.228. The highest BCUT2D eigenvalue weighted by Gasteiger charge is 2.10. The van der Waals surface area contributed by atoms with E-state index in [1.165, 1.54) is 5.56 Å². The van der Waals surface area contributed by atoms with Crippen molar-refractivity contribution < 1.29 is 5.11 Å². The van der Waals surface area contributed by atoms with Crippen molar-refractivity contribution in [1.82, 2.24) is 14.5 Å². The van der Waals surface area contributed by atoms with Crippen LogP contribution in [0.4, 0.5) is 0 Å². The lowest BCUT2D eigenvalue weighted by molar-refractivity contribution is 0.288. The fourth-order valence-electron chi connectivity index (χ4n) is 2.43. The Morgan fingerprint density at radius 2 is 1.95 bits per heavy atom. The minimum Gasteiger partial charge on any atom is -0.396 e. The van der Waals surface area contributed by atoms with Crippen LogP contribution in [0.2, 0.25) is 0 Å². The summed E-state index contributed by atoms with van der Waals surface area (Å²) in [6.07, 6.45) is 5.24. The number of aryl methyl sites for hydroxylation is 2. The van der Waals surface area contributed by atoms with Gasteiger partial charge in [0, 0.05) is 31.6 Å². The average molecular weight is 267 g/mol. The Morgan fingerprint density at radius 1 is 1.15 bits per heavy atom. The van der Waals surface area contributed by atoms with Crippen molar-refractivity contribution in [3.63, 3.8) is 0 Å². The van der Waals surface area contributed by atoms with Crippen molar-refractivity contribution in [2.24, 2.45) is 7.05 Å². The molecule has 1 N–H and O–H groups in total. The summed E-state index contributed by atoms with van der Waals surface area (Å²) in [7, 11) is 2.03. The number of nitrogens with zero attached hydrogens (tertiary/aromatic N) is 3. The van der Waals surface area contributed by atoms with Crippen LogP contribution in [-0.2, 0) is 13.5 Å². The van der Waals surface area contributed by atoms with E-state index < -0.39 is 0 Å². The predicted molar refractivity (Wildman–Crippen MR) is 79.4 cm³/mol. The summed E-state index contributed by atoms with van der Waals surface area (Å²) >= 11 is 0. The van der Waals surface area contributed by atoms with Crippen LogP contribution in [0.3, 0.4) is 0 Å². The third-order valence-corrected chi connectivity index (χ3v) is 3.51. The highest BCUT2D eigenvalue weighted by molar-refractivity contribution is 5.81. The second-order valence-corrected chi connectivity index (χ2v) is 4.88. The molecule has 3 rings (SSSR count). The van der Waals surface area contributed by atoms with Crippen molar-refractivity contribution in [2.45, 2.75) is 12.8 Å². The van der Waals surface area contributed by atoms with Crippen molar-refractivity contribution in [3.05, 3.63) is 48.3 Å². The van der Waals surface area contributed by atoms with Gasteiger partial charge in [-0.2, -0.15) is 0 Å². The summed E-state index contributed by atoms with van der Waals surface area (Å²) in [6.45, 7) is 0.228. The normalized spacial score (nSPS) is 11.1. The van der Waals surface area contributed by atoms with E-state index in [1.54, 1.807) is 12.4 Å². The van der Waals surface area contributed by atoms with Gasteiger partial charge in [-0.25, -0.2) is 4.98 Å². The summed E-state index contributed by atoms with van der Waals surface area (Å²) < 4.78 is 2.10. The Hall–Kier alpha value is -2.20. The van der Waals surface area contributed by atoms with Crippen LogP contribution in [0.15, 0.2) is 42.7 Å². The molecule has 2 heterocycles. The summed E-state index contributed by atoms with van der Waals surface area (Å²) in [5, 5.41) is 8.92. The van der Waals surface area contributed by atoms with Gasteiger partial charge in [-0.1, -0.05) is 6.07 Å². The smallest absolute Gasteiger partial charge is 0.140 e. The third-order valence-electron chi connectivity index (χ3n) is 3.51. The van der Waals surface area contributed by atoms with E-state index in [-0.39, 0.29) is 6.61 Å². The maximum Gasteiger partial charge on any atom is 0.140 e. The third kappa shape index (κ3) is 2.30. The van der Waals surface area contributed by atoms with Gasteiger partial charge in [0.1, 0.15) is 5.82 Å². The van der Waals surface area contributed by atoms with Crippen LogP contribution < -0.4 is 0 Å². The summed E-state index contributed by atoms with van der Waals surface area (Å²) in [5.41, 5.74) is 4.41. The molecule has 0 aliphatic heterocycles. The highest BCUT2D eigenvalue weighted by atomic mass is 16.2. The largest absolute Gasteiger partial charge is 0.396 e. The first-order valence-electron chi connectivity index (χ1n) is 6.76. The molecule has 0 aliphatic carbocycles. The van der Waals surface area contributed by atoms with E-state index in [9.17, 15) is 0 Å². The molecule has 20 heavy (non-hydrogen) atoms. The van der Waals surface area contributed by atoms with E-state index in [0.29, 0.717) is 0 Å². The van der Waals surface area contributed by atoms with E-state index in [0.717, 1.165) is 35.3 Å². The van der Waals surface area contributed by atoms with Gasteiger partial charge in [0.2, 0.25) is 0 Å². The molecular formula is C16H17N3O. The summed E-state index contributed by atoms with van der Waals surface area (Å²) in [5.74, 6) is 0.946. The van der Waals surface area contributed by atoms with Gasteiger partial charge in [0.05, 0.1) is 11.0 Å². The highest BCUT2D eigenvalue weighted by Crippen LogP contribution is 2.24. The number of benzene rings is 1. The molecule has 4 nitrogen and oxygen atoms in total. The lowest BCUT2D eigenvalue weighted by atomic mass is 10.1. The first-order valence-corrected chi connectivity index (χ1v) is 6.76. The van der Waals surface area contributed by atoms with Gasteiger partial charge in [0.15, 0.2) is 0 Å². The van der Waals surface area contributed by atoms with Crippen molar-refractivity contribution in [2.75, 3.05) is 6.61 Å². The zero-order valence-electron chi connectivity index (χ0n) is 11.5. The Balaban J connectivity index is 2.06. The predicted octanol–water partition coefficient (Wildman–Crippen LogP) is 2.56. The van der Waals surface area contributed by atoms with E-state index >= 15 is 0 Å². The standard InChI is InChI=1S/C16H17N3O/c1-19-15-11-12(3-2-10-20)4-5-14(15)18-16(19)13-6-8-17-9-7-13/h4-9,11,20H,2-3,10H2,1H3. The van der Waals surface area contributed by atoms with E-state index in [1.807, 2.05) is 25.2 Å². The Morgan fingerprint density at radius 3 is 2.70 bits per heavy atom. The zero-order chi connectivity index (χ0) is 13.9. The number of fused-ring (bicyclic) bond motifs is 1. The van der Waals surface area contributed by atoms with Gasteiger partial charge < -0.3 is 9.67 Å². The maximum absolute atomic E-state index is 8.92. The number of imidazole rings is 1. The van der Waals surface area contributed by atoms with Gasteiger partial charge in [-0.3, -0.25) is 4.98 Å². The second kappa shape index (κ2) is 5.43. The lowest BCUT2D eigenvalue weighted by Crippen LogP contribution is -1.93. The quantitative estimate of drug-likeness (QED) is 0.790. The molecule has 4 heteroatoms. The number of pyridine rings is 1. The molecule has 0 spiro atoms. The van der Waals surface area contributed by atoms with Crippen LogP contribution in [0.25, 0.3) is 22.4 Å². The minimum absolute atomic E-state index is 0.228. The molecule has 0 atom stereocenters. The Kier molecular flexibility index (Phi) is 3.48. The number of rotatable bonds is 4. The molecule has 3 aromatic rings. The fourth-order valence-corrected chi connectivity index (χ4v) is 2.43. The van der Waals surface area contributed by atoms with Crippen molar-refractivity contribution in [3.8, 4) is 11.4 Å². The molecule has 0 unspecified atom stereocenters. The topological polar surface area (TPSA) is 50.9 Å². The first-order chi connectivity index (χ1) is 9.79. The molecule has 102 valence electrons. The molecule has 0 amide bonds. The molecular weight excluding hydrogens is 250 g/mol. The molecule has 0 radical (unpaired) electrons. The second-order valence-electron chi connectivity index (χ2n) is 4.88. The molecule has 0 fully saturated rings. The first kappa shape index (κ1) is 12.8. The summed E-state index contributed by atoms with van der Waals surface area (Å²) in [4.78, 5) is 8.73. The molecule has 0 saturated heterocycles. The van der Waals surface area contributed by atoms with Gasteiger partial charge in [0.25, 0.3) is 0 Å². The van der Waals surface area contributed by atoms with E-state index in [2.05, 4.69) is 26.7 Å². The zero-order valence-corrected chi connectivity index (χ0v) is 11.5. The van der Waals surface area contributed by atoms with Gasteiger partial charge >= 0.3 is 0 Å². The summed E-state index contributed by atoms with van der Waals surface area (Å²) in [6, 6.07) is 10.2. The Bertz CT molecular complexity index is 719. The van der Waals surface area contributed by atoms with Gasteiger partial charge in [-0.15, -0.1) is 0 Å². The van der Waals surface area contributed by atoms with Crippen LogP contribution in [0.5, 0.6) is 0 Å². The molecule has 1 aromatic carbocycles. The average Bonchev–Trinajstić information content (AvgIpc) is 2.83. The monoisotopic (exact) mass is 267 g/mol. The number of hydrogen-bond donors (Lipinski definition) is 1. The molecule has 0 saturated carbocycles. The molecule has 2 aromatic heterocycles. The van der Waals surface area contributed by atoms with Crippen LogP contribution in [0.1, 0.15) is 12.0 Å². The van der Waals surface area contributed by atoms with Crippen molar-refractivity contribution in [1.29, 1.82) is 0 Å². The fraction of sp³-hybridized carbons (Fsp3) is 0.250. The lowest BCUT2D eigenvalue weighted by Gasteiger charge is -2.03. The number of hydrogen-bond acceptors (Lipinski definition) is 3. The number of aromatic nitrogens is 3. The van der Waals surface area contributed by atoms with Crippen LogP contribution >= 0.6 is 0 Å². The van der Waals surface area contributed by atoms with Gasteiger partial charge in [-0.05, 0) is 42.7 Å².